The Hall–Kier alpha value is -3.54. The van der Waals surface area contributed by atoms with Crippen LogP contribution in [-0.4, -0.2) is 54.4 Å². The highest BCUT2D eigenvalue weighted by atomic mass is 32.2. The summed E-state index contributed by atoms with van der Waals surface area (Å²) in [5.74, 6) is 0.975. The highest BCUT2D eigenvalue weighted by molar-refractivity contribution is 8.04. The van der Waals surface area contributed by atoms with Crippen molar-refractivity contribution in [2.24, 2.45) is 11.7 Å². The fraction of sp³-hybridized carbons (Fsp3) is 0.414. The van der Waals surface area contributed by atoms with Crippen LogP contribution >= 0.6 is 11.8 Å². The first-order valence-corrected chi connectivity index (χ1v) is 14.7. The van der Waals surface area contributed by atoms with Gasteiger partial charge in [-0.15, -0.1) is 0 Å². The van der Waals surface area contributed by atoms with Crippen molar-refractivity contribution in [3.8, 4) is 11.5 Å². The number of benzene rings is 2. The molecule has 6 rings (SSSR count). The molecule has 2 aromatic rings. The van der Waals surface area contributed by atoms with Crippen molar-refractivity contribution in [1.29, 1.82) is 0 Å². The molecule has 3 heterocycles. The van der Waals surface area contributed by atoms with Crippen LogP contribution in [0.15, 0.2) is 59.1 Å². The summed E-state index contributed by atoms with van der Waals surface area (Å²) in [4.78, 5) is 41.4. The number of ether oxygens (including phenoxy) is 1. The molecule has 6 N–H and O–H groups in total. The van der Waals surface area contributed by atoms with Crippen molar-refractivity contribution >= 4 is 35.3 Å². The van der Waals surface area contributed by atoms with Crippen molar-refractivity contribution in [2.45, 2.75) is 56.1 Å². The number of nitrogens with two attached hydrogens (primary N) is 1. The summed E-state index contributed by atoms with van der Waals surface area (Å²) in [5, 5.41) is 12.6. The molecule has 3 aliphatic heterocycles. The second kappa shape index (κ2) is 11.1. The number of nitrogens with zero attached hydrogens (tertiary/aromatic N) is 1. The molecular formula is C29H34N6O4S. The van der Waals surface area contributed by atoms with Gasteiger partial charge in [0.1, 0.15) is 11.5 Å². The lowest BCUT2D eigenvalue weighted by Gasteiger charge is -2.46. The molecule has 11 heteroatoms. The van der Waals surface area contributed by atoms with Gasteiger partial charge in [0.05, 0.1) is 22.9 Å². The molecule has 0 bridgehead atoms. The number of rotatable bonds is 7. The molecule has 2 saturated heterocycles. The molecule has 5 atom stereocenters. The number of aryl methyl sites for hydroxylation is 1. The van der Waals surface area contributed by atoms with E-state index in [1.165, 1.54) is 11.8 Å². The van der Waals surface area contributed by atoms with Gasteiger partial charge in [-0.2, -0.15) is 0 Å². The summed E-state index contributed by atoms with van der Waals surface area (Å²) in [6.07, 6.45) is 3.26. The van der Waals surface area contributed by atoms with Crippen molar-refractivity contribution in [3.05, 3.63) is 64.7 Å². The van der Waals surface area contributed by atoms with E-state index in [1.807, 2.05) is 60.4 Å². The molecule has 2 aromatic carbocycles. The van der Waals surface area contributed by atoms with Crippen LogP contribution in [-0.2, 0) is 9.59 Å². The Balaban J connectivity index is 1.22. The van der Waals surface area contributed by atoms with Crippen molar-refractivity contribution in [2.75, 3.05) is 18.0 Å². The third-order valence-corrected chi connectivity index (χ3v) is 9.47. The number of urea groups is 1. The summed E-state index contributed by atoms with van der Waals surface area (Å²) in [5.41, 5.74) is 7.91. The summed E-state index contributed by atoms with van der Waals surface area (Å²) in [6, 6.07) is 14.7. The Morgan fingerprint density at radius 3 is 2.60 bits per heavy atom. The highest BCUT2D eigenvalue weighted by Crippen LogP contribution is 2.48. The third-order valence-electron chi connectivity index (χ3n) is 8.12. The molecule has 4 aliphatic rings. The van der Waals surface area contributed by atoms with E-state index < -0.39 is 0 Å². The molecule has 3 fully saturated rings. The Bertz CT molecular complexity index is 1350. The number of nitrogens with one attached hydrogen (secondary N) is 4. The number of thioether (sulfide) groups is 1. The van der Waals surface area contributed by atoms with Gasteiger partial charge in [-0.25, -0.2) is 4.79 Å². The van der Waals surface area contributed by atoms with Crippen LogP contribution in [0.3, 0.4) is 0 Å². The largest absolute Gasteiger partial charge is 0.457 e. The van der Waals surface area contributed by atoms with Crippen molar-refractivity contribution in [1.82, 2.24) is 21.3 Å². The topological polar surface area (TPSA) is 138 Å². The molecule has 4 amide bonds. The van der Waals surface area contributed by atoms with Gasteiger partial charge >= 0.3 is 6.03 Å². The van der Waals surface area contributed by atoms with Gasteiger partial charge in [0, 0.05) is 29.4 Å². The van der Waals surface area contributed by atoms with E-state index in [4.69, 9.17) is 10.5 Å². The zero-order valence-electron chi connectivity index (χ0n) is 22.3. The molecule has 0 radical (unpaired) electrons. The number of amides is 4. The fourth-order valence-corrected chi connectivity index (χ4v) is 7.69. The average Bonchev–Trinajstić information content (AvgIpc) is 3.55. The molecule has 0 spiro atoms. The maximum Gasteiger partial charge on any atom is 0.326 e. The second-order valence-electron chi connectivity index (χ2n) is 10.7. The average molecular weight is 563 g/mol. The Labute approximate surface area is 237 Å². The quantitative estimate of drug-likeness (QED) is 0.350. The van der Waals surface area contributed by atoms with Crippen LogP contribution in [0, 0.1) is 12.8 Å². The Morgan fingerprint density at radius 2 is 1.85 bits per heavy atom. The first kappa shape index (κ1) is 26.7. The van der Waals surface area contributed by atoms with Gasteiger partial charge in [0.25, 0.3) is 5.91 Å². The van der Waals surface area contributed by atoms with Crippen molar-refractivity contribution in [3.63, 3.8) is 0 Å². The maximum atomic E-state index is 13.6. The predicted octanol–water partition coefficient (Wildman–Crippen LogP) is 2.69. The van der Waals surface area contributed by atoms with E-state index >= 15 is 0 Å². The molecule has 10 nitrogen and oxygen atoms in total. The number of hydrogen-bond acceptors (Lipinski definition) is 7. The standard InChI is InChI=1S/C29H34N6O4S/c1-16-14-18(39-17-6-3-2-4-7-17)10-11-21(16)35-22-12-13-31-28-24(22)25(34-29(35)38)26(40-28)27(37)33-20-9-5-8-19(20)32-23(36)15-30/h2-4,6-7,10-11,14,19-20,22,24,28,31H,5,8-9,12-13,15,30H2,1H3,(H,32,36)(H,33,37)(H,34,38)/t19-,20-,22?,24?,28?/m0/s1. The monoisotopic (exact) mass is 562 g/mol. The minimum atomic E-state index is -0.238. The van der Waals surface area contributed by atoms with Gasteiger partial charge < -0.3 is 31.7 Å². The molecule has 0 aromatic heterocycles. The first-order valence-electron chi connectivity index (χ1n) is 13.8. The van der Waals surface area contributed by atoms with Crippen LogP contribution in [0.2, 0.25) is 0 Å². The maximum absolute atomic E-state index is 13.6. The summed E-state index contributed by atoms with van der Waals surface area (Å²) >= 11 is 1.48. The lowest BCUT2D eigenvalue weighted by atomic mass is 9.86. The summed E-state index contributed by atoms with van der Waals surface area (Å²) < 4.78 is 6.00. The highest BCUT2D eigenvalue weighted by Gasteiger charge is 2.52. The van der Waals surface area contributed by atoms with E-state index in [9.17, 15) is 14.4 Å². The minimum Gasteiger partial charge on any atom is -0.457 e. The minimum absolute atomic E-state index is 0.0186. The Kier molecular flexibility index (Phi) is 7.43. The Morgan fingerprint density at radius 1 is 1.07 bits per heavy atom. The smallest absolute Gasteiger partial charge is 0.326 e. The van der Waals surface area contributed by atoms with Crippen LogP contribution in [0.4, 0.5) is 10.5 Å². The van der Waals surface area contributed by atoms with Gasteiger partial charge in [-0.05, 0) is 75.0 Å². The number of anilines is 1. The molecular weight excluding hydrogens is 528 g/mol. The third kappa shape index (κ3) is 5.04. The molecule has 1 aliphatic carbocycles. The number of carbonyl (C=O) groups is 3. The van der Waals surface area contributed by atoms with E-state index in [1.54, 1.807) is 0 Å². The number of para-hydroxylation sites is 1. The second-order valence-corrected chi connectivity index (χ2v) is 11.8. The fourth-order valence-electron chi connectivity index (χ4n) is 6.29. The molecule has 40 heavy (non-hydrogen) atoms. The van der Waals surface area contributed by atoms with Crippen LogP contribution in [0.1, 0.15) is 31.2 Å². The van der Waals surface area contributed by atoms with E-state index in [0.717, 1.165) is 49.2 Å². The van der Waals surface area contributed by atoms with Crippen molar-refractivity contribution < 1.29 is 19.1 Å². The van der Waals surface area contributed by atoms with E-state index in [2.05, 4.69) is 21.3 Å². The summed E-state index contributed by atoms with van der Waals surface area (Å²) in [6.45, 7) is 2.65. The molecule has 3 unspecified atom stereocenters. The number of piperidine rings is 1. The van der Waals surface area contributed by atoms with Gasteiger partial charge in [0.2, 0.25) is 5.91 Å². The zero-order chi connectivity index (χ0) is 27.8. The van der Waals surface area contributed by atoms with E-state index in [0.29, 0.717) is 16.4 Å². The molecule has 1 saturated carbocycles. The zero-order valence-corrected chi connectivity index (χ0v) is 23.1. The van der Waals surface area contributed by atoms with Crippen LogP contribution in [0.5, 0.6) is 11.5 Å². The lowest BCUT2D eigenvalue weighted by Crippen LogP contribution is -2.62. The van der Waals surface area contributed by atoms with Gasteiger partial charge in [0.15, 0.2) is 0 Å². The molecule has 210 valence electrons. The van der Waals surface area contributed by atoms with Gasteiger partial charge in [-0.3, -0.25) is 14.5 Å². The van der Waals surface area contributed by atoms with Gasteiger partial charge in [-0.1, -0.05) is 30.0 Å². The summed E-state index contributed by atoms with van der Waals surface area (Å²) in [7, 11) is 0. The number of carbonyl (C=O) groups excluding carboxylic acids is 3. The van der Waals surface area contributed by atoms with E-state index in [-0.39, 0.29) is 53.8 Å². The predicted molar refractivity (Wildman–Crippen MR) is 154 cm³/mol. The first-order chi connectivity index (χ1) is 19.4. The normalized spacial score (nSPS) is 27.2. The number of hydrogen-bond donors (Lipinski definition) is 5. The van der Waals surface area contributed by atoms with Crippen LogP contribution in [0.25, 0.3) is 0 Å². The lowest BCUT2D eigenvalue weighted by molar-refractivity contribution is -0.121. The van der Waals surface area contributed by atoms with Crippen LogP contribution < -0.4 is 36.6 Å². The SMILES string of the molecule is Cc1cc(Oc2ccccc2)ccc1N1C(=O)NC2=C(C(=O)N[C@H]3CCC[C@@H]3NC(=O)CN)SC3NCCC1C23.